The fraction of sp³-hybridized carbons (Fsp3) is 0.421. The van der Waals surface area contributed by atoms with Gasteiger partial charge in [-0.25, -0.2) is 0 Å². The summed E-state index contributed by atoms with van der Waals surface area (Å²) in [5.41, 5.74) is 7.53. The van der Waals surface area contributed by atoms with Crippen molar-refractivity contribution >= 4 is 11.8 Å². The number of amides is 2. The monoisotopic (exact) mass is 357 g/mol. The molecule has 1 atom stereocenters. The van der Waals surface area contributed by atoms with Crippen molar-refractivity contribution in [1.82, 2.24) is 10.1 Å². The molecule has 7 heteroatoms. The Labute approximate surface area is 152 Å². The Kier molecular flexibility index (Phi) is 5.25. The molecule has 2 heterocycles. The molecule has 3 rings (SSSR count). The quantitative estimate of drug-likeness (QED) is 0.884. The minimum atomic E-state index is -0.356. The van der Waals surface area contributed by atoms with E-state index in [1.807, 2.05) is 19.9 Å². The Bertz CT molecular complexity index is 795. The maximum Gasteiger partial charge on any atom is 0.257 e. The maximum absolute atomic E-state index is 12.9. The van der Waals surface area contributed by atoms with E-state index in [9.17, 15) is 9.59 Å². The van der Waals surface area contributed by atoms with Crippen molar-refractivity contribution in [3.05, 3.63) is 46.8 Å². The summed E-state index contributed by atoms with van der Waals surface area (Å²) < 4.78 is 11.0. The summed E-state index contributed by atoms with van der Waals surface area (Å²) in [6.07, 6.45) is 1.49. The standard InChI is InChI=1S/C19H23N3O4/c1-12-16(13(2)26-21-12)11-25-17-8-4-3-7-15(17)19(24)22-9-5-6-14(10-22)18(20)23/h3-4,7-8,14H,5-6,9-11H2,1-2H3,(H2,20,23). The molecule has 2 aromatic rings. The zero-order valence-corrected chi connectivity index (χ0v) is 15.0. The number of ether oxygens (including phenoxy) is 1. The number of primary amides is 1. The third-order valence-electron chi connectivity index (χ3n) is 4.78. The number of hydrogen-bond donors (Lipinski definition) is 1. The molecule has 7 nitrogen and oxygen atoms in total. The fourth-order valence-electron chi connectivity index (χ4n) is 3.19. The summed E-state index contributed by atoms with van der Waals surface area (Å²) in [4.78, 5) is 26.1. The van der Waals surface area contributed by atoms with Crippen molar-refractivity contribution in [3.63, 3.8) is 0 Å². The van der Waals surface area contributed by atoms with Crippen molar-refractivity contribution in [3.8, 4) is 5.75 Å². The molecule has 1 aliphatic heterocycles. The van der Waals surface area contributed by atoms with Crippen molar-refractivity contribution < 1.29 is 18.8 Å². The van der Waals surface area contributed by atoms with Crippen LogP contribution in [0.3, 0.4) is 0 Å². The van der Waals surface area contributed by atoms with Crippen molar-refractivity contribution in [2.75, 3.05) is 13.1 Å². The van der Waals surface area contributed by atoms with Gasteiger partial charge in [-0.1, -0.05) is 17.3 Å². The van der Waals surface area contributed by atoms with E-state index < -0.39 is 0 Å². The highest BCUT2D eigenvalue weighted by Gasteiger charge is 2.28. The normalized spacial score (nSPS) is 17.2. The predicted molar refractivity (Wildman–Crippen MR) is 94.6 cm³/mol. The lowest BCUT2D eigenvalue weighted by molar-refractivity contribution is -0.123. The van der Waals surface area contributed by atoms with Crippen molar-refractivity contribution in [2.24, 2.45) is 11.7 Å². The molecule has 0 bridgehead atoms. The number of rotatable bonds is 5. The molecule has 0 radical (unpaired) electrons. The first-order valence-corrected chi connectivity index (χ1v) is 8.69. The molecular weight excluding hydrogens is 334 g/mol. The van der Waals surface area contributed by atoms with Crippen LogP contribution in [0.2, 0.25) is 0 Å². The summed E-state index contributed by atoms with van der Waals surface area (Å²) in [7, 11) is 0. The van der Waals surface area contributed by atoms with Crippen molar-refractivity contribution in [2.45, 2.75) is 33.3 Å². The first-order valence-electron chi connectivity index (χ1n) is 8.69. The molecule has 26 heavy (non-hydrogen) atoms. The van der Waals surface area contributed by atoms with E-state index >= 15 is 0 Å². The van der Waals surface area contributed by atoms with Gasteiger partial charge in [-0.05, 0) is 38.8 Å². The minimum Gasteiger partial charge on any atom is -0.488 e. The summed E-state index contributed by atoms with van der Waals surface area (Å²) in [5, 5.41) is 3.91. The lowest BCUT2D eigenvalue weighted by Gasteiger charge is -2.31. The zero-order chi connectivity index (χ0) is 18.7. The lowest BCUT2D eigenvalue weighted by atomic mass is 9.97. The molecule has 1 saturated heterocycles. The highest BCUT2D eigenvalue weighted by molar-refractivity contribution is 5.97. The third kappa shape index (κ3) is 3.71. The van der Waals surface area contributed by atoms with Gasteiger partial charge in [-0.2, -0.15) is 0 Å². The fourth-order valence-corrected chi connectivity index (χ4v) is 3.19. The molecule has 1 unspecified atom stereocenters. The van der Waals surface area contributed by atoms with Crippen LogP contribution in [0, 0.1) is 19.8 Å². The van der Waals surface area contributed by atoms with Gasteiger partial charge in [0.25, 0.3) is 5.91 Å². The van der Waals surface area contributed by atoms with Gasteiger partial charge < -0.3 is 19.9 Å². The van der Waals surface area contributed by atoms with Gasteiger partial charge in [0, 0.05) is 13.1 Å². The lowest BCUT2D eigenvalue weighted by Crippen LogP contribution is -2.44. The van der Waals surface area contributed by atoms with Crippen LogP contribution in [0.5, 0.6) is 5.75 Å². The van der Waals surface area contributed by atoms with Crippen LogP contribution in [0.4, 0.5) is 0 Å². The number of carbonyl (C=O) groups excluding carboxylic acids is 2. The van der Waals surface area contributed by atoms with Gasteiger partial charge in [-0.3, -0.25) is 9.59 Å². The van der Waals surface area contributed by atoms with E-state index in [1.165, 1.54) is 0 Å². The number of nitrogens with zero attached hydrogens (tertiary/aromatic N) is 2. The van der Waals surface area contributed by atoms with Crippen LogP contribution in [0.25, 0.3) is 0 Å². The van der Waals surface area contributed by atoms with Gasteiger partial charge in [-0.15, -0.1) is 0 Å². The van der Waals surface area contributed by atoms with Crippen LogP contribution < -0.4 is 10.5 Å². The zero-order valence-electron chi connectivity index (χ0n) is 15.0. The number of aromatic nitrogens is 1. The van der Waals surface area contributed by atoms with Gasteiger partial charge in [0.2, 0.25) is 5.91 Å². The van der Waals surface area contributed by atoms with Crippen LogP contribution in [-0.2, 0) is 11.4 Å². The maximum atomic E-state index is 12.9. The topological polar surface area (TPSA) is 98.7 Å². The number of benzene rings is 1. The molecule has 1 aromatic carbocycles. The number of aryl methyl sites for hydroxylation is 2. The number of para-hydroxylation sites is 1. The first-order chi connectivity index (χ1) is 12.5. The summed E-state index contributed by atoms with van der Waals surface area (Å²) in [5.74, 6) is 0.407. The molecule has 2 N–H and O–H groups in total. The largest absolute Gasteiger partial charge is 0.488 e. The molecule has 0 aliphatic carbocycles. The number of hydrogen-bond acceptors (Lipinski definition) is 5. The Hall–Kier alpha value is -2.83. The predicted octanol–water partition coefficient (Wildman–Crippen LogP) is 2.21. The van der Waals surface area contributed by atoms with Crippen LogP contribution in [0.15, 0.2) is 28.8 Å². The molecule has 0 spiro atoms. The molecule has 1 aromatic heterocycles. The summed E-state index contributed by atoms with van der Waals surface area (Å²) in [6.45, 7) is 4.92. The van der Waals surface area contributed by atoms with E-state index in [4.69, 9.17) is 15.0 Å². The first kappa shape index (κ1) is 18.0. The van der Waals surface area contributed by atoms with E-state index in [0.29, 0.717) is 30.2 Å². The molecule has 2 amide bonds. The Morgan fingerprint density at radius 1 is 1.35 bits per heavy atom. The van der Waals surface area contributed by atoms with Crippen LogP contribution in [0.1, 0.15) is 40.2 Å². The smallest absolute Gasteiger partial charge is 0.257 e. The summed E-state index contributed by atoms with van der Waals surface area (Å²) in [6, 6.07) is 7.12. The number of nitrogens with two attached hydrogens (primary N) is 1. The third-order valence-corrected chi connectivity index (χ3v) is 4.78. The molecule has 1 fully saturated rings. The Morgan fingerprint density at radius 2 is 2.12 bits per heavy atom. The molecular formula is C19H23N3O4. The van der Waals surface area contributed by atoms with Gasteiger partial charge >= 0.3 is 0 Å². The van der Waals surface area contributed by atoms with E-state index in [2.05, 4.69) is 5.16 Å². The van der Waals surface area contributed by atoms with Gasteiger partial charge in [0.05, 0.1) is 22.7 Å². The van der Waals surface area contributed by atoms with E-state index in [-0.39, 0.29) is 24.3 Å². The van der Waals surface area contributed by atoms with Crippen molar-refractivity contribution in [1.29, 1.82) is 0 Å². The summed E-state index contributed by atoms with van der Waals surface area (Å²) >= 11 is 0. The Balaban J connectivity index is 1.76. The molecule has 0 saturated carbocycles. The second-order valence-electron chi connectivity index (χ2n) is 6.58. The minimum absolute atomic E-state index is 0.148. The molecule has 138 valence electrons. The average Bonchev–Trinajstić information content (AvgIpc) is 2.97. The second kappa shape index (κ2) is 7.59. The number of likely N-dealkylation sites (tertiary alicyclic amines) is 1. The van der Waals surface area contributed by atoms with Gasteiger partial charge in [0.1, 0.15) is 18.1 Å². The van der Waals surface area contributed by atoms with Gasteiger partial charge in [0.15, 0.2) is 0 Å². The highest BCUT2D eigenvalue weighted by Crippen LogP contribution is 2.25. The number of carbonyl (C=O) groups is 2. The highest BCUT2D eigenvalue weighted by atomic mass is 16.5. The SMILES string of the molecule is Cc1noc(C)c1COc1ccccc1C(=O)N1CCCC(C(N)=O)C1. The van der Waals surface area contributed by atoms with Crippen LogP contribution >= 0.6 is 0 Å². The van der Waals surface area contributed by atoms with E-state index in [0.717, 1.165) is 24.1 Å². The molecule has 1 aliphatic rings. The second-order valence-corrected chi connectivity index (χ2v) is 6.58. The Morgan fingerprint density at radius 3 is 2.81 bits per heavy atom. The van der Waals surface area contributed by atoms with Crippen LogP contribution in [-0.4, -0.2) is 35.0 Å². The number of piperidine rings is 1. The van der Waals surface area contributed by atoms with E-state index in [1.54, 1.807) is 23.1 Å². The average molecular weight is 357 g/mol.